The van der Waals surface area contributed by atoms with Crippen LogP contribution >= 0.6 is 0 Å². The molecule has 5 nitrogen and oxygen atoms in total. The Balaban J connectivity index is 2.63. The van der Waals surface area contributed by atoms with E-state index in [2.05, 4.69) is 4.72 Å². The fourth-order valence-electron chi connectivity index (χ4n) is 1.42. The third-order valence-corrected chi connectivity index (χ3v) is 4.17. The van der Waals surface area contributed by atoms with Gasteiger partial charge in [-0.15, -0.1) is 0 Å². The second-order valence-electron chi connectivity index (χ2n) is 3.98. The summed E-state index contributed by atoms with van der Waals surface area (Å²) < 4.78 is 27.3. The Morgan fingerprint density at radius 3 is 2.67 bits per heavy atom. The lowest BCUT2D eigenvalue weighted by molar-refractivity contribution is 0.464. The molecule has 18 heavy (non-hydrogen) atoms. The zero-order chi connectivity index (χ0) is 13.6. The Morgan fingerprint density at radius 1 is 1.39 bits per heavy atom. The summed E-state index contributed by atoms with van der Waals surface area (Å²) in [6.07, 6.45) is 0.182. The van der Waals surface area contributed by atoms with Crippen molar-refractivity contribution in [3.63, 3.8) is 0 Å². The van der Waals surface area contributed by atoms with Crippen LogP contribution in [0.1, 0.15) is 17.5 Å². The number of nitriles is 1. The van der Waals surface area contributed by atoms with Gasteiger partial charge in [0.15, 0.2) is 0 Å². The minimum Gasteiger partial charge on any atom is -0.198 e. The Hall–Kier alpha value is -1.42. The van der Waals surface area contributed by atoms with Gasteiger partial charge >= 0.3 is 0 Å². The highest BCUT2D eigenvalue weighted by Crippen LogP contribution is 2.07. The molecule has 1 aromatic carbocycles. The normalized spacial score (nSPS) is 11.4. The molecule has 0 aliphatic heterocycles. The van der Waals surface area contributed by atoms with E-state index < -0.39 is 10.2 Å². The molecule has 1 N–H and O–H groups in total. The van der Waals surface area contributed by atoms with Crippen molar-refractivity contribution in [1.29, 1.82) is 5.26 Å². The molecular formula is C12H17N3O2S. The van der Waals surface area contributed by atoms with Crippen molar-refractivity contribution >= 4 is 10.2 Å². The summed E-state index contributed by atoms with van der Waals surface area (Å²) in [5.41, 5.74) is 1.98. The molecule has 0 aromatic heterocycles. The summed E-state index contributed by atoms with van der Waals surface area (Å²) in [5.74, 6) is 0. The lowest BCUT2D eigenvalue weighted by Gasteiger charge is -2.16. The van der Waals surface area contributed by atoms with Crippen LogP contribution in [-0.4, -0.2) is 26.3 Å². The molecule has 0 unspecified atom stereocenters. The number of benzene rings is 1. The summed E-state index contributed by atoms with van der Waals surface area (Å²) in [6, 6.07) is 9.52. The molecule has 0 bridgehead atoms. The summed E-state index contributed by atoms with van der Waals surface area (Å²) in [4.78, 5) is 0. The average Bonchev–Trinajstić information content (AvgIpc) is 2.35. The van der Waals surface area contributed by atoms with Crippen LogP contribution in [-0.2, 0) is 16.8 Å². The van der Waals surface area contributed by atoms with Gasteiger partial charge in [-0.3, -0.25) is 0 Å². The Morgan fingerprint density at radius 2 is 2.06 bits per heavy atom. The molecule has 0 fully saturated rings. The highest BCUT2D eigenvalue weighted by Gasteiger charge is 2.16. The Bertz CT molecular complexity index is 534. The first-order valence-corrected chi connectivity index (χ1v) is 7.04. The molecule has 0 saturated heterocycles. The van der Waals surface area contributed by atoms with Gasteiger partial charge in [0.2, 0.25) is 0 Å². The first-order chi connectivity index (χ1) is 8.47. The number of nitrogens with zero attached hydrogens (tertiary/aromatic N) is 2. The van der Waals surface area contributed by atoms with E-state index >= 15 is 0 Å². The van der Waals surface area contributed by atoms with Gasteiger partial charge in [0.1, 0.15) is 0 Å². The maximum Gasteiger partial charge on any atom is 0.279 e. The van der Waals surface area contributed by atoms with E-state index in [1.807, 2.05) is 37.3 Å². The molecular weight excluding hydrogens is 250 g/mol. The molecule has 1 rings (SSSR count). The molecule has 6 heteroatoms. The smallest absolute Gasteiger partial charge is 0.198 e. The van der Waals surface area contributed by atoms with Crippen LogP contribution in [0.4, 0.5) is 0 Å². The van der Waals surface area contributed by atoms with Crippen molar-refractivity contribution < 1.29 is 8.42 Å². The van der Waals surface area contributed by atoms with Crippen LogP contribution in [0, 0.1) is 18.3 Å². The molecule has 0 saturated carbocycles. The van der Waals surface area contributed by atoms with Crippen molar-refractivity contribution in [1.82, 2.24) is 9.03 Å². The first kappa shape index (κ1) is 14.6. The topological polar surface area (TPSA) is 73.2 Å². The third-order valence-electron chi connectivity index (χ3n) is 2.66. The predicted octanol–water partition coefficient (Wildman–Crippen LogP) is 1.17. The van der Waals surface area contributed by atoms with Crippen molar-refractivity contribution in [2.24, 2.45) is 0 Å². The number of aryl methyl sites for hydroxylation is 1. The fraction of sp³-hybridized carbons (Fsp3) is 0.417. The van der Waals surface area contributed by atoms with Crippen LogP contribution in [0.25, 0.3) is 0 Å². The maximum absolute atomic E-state index is 11.8. The highest BCUT2D eigenvalue weighted by molar-refractivity contribution is 7.87. The summed E-state index contributed by atoms with van der Waals surface area (Å²) in [6.45, 7) is 2.38. The molecule has 0 spiro atoms. The standard InChI is InChI=1S/C12H17N3O2S/c1-11-6-3-4-7-12(11)10-14-18(16,17)15(2)9-5-8-13/h3-4,6-7,14H,5,9-10H2,1-2H3. The average molecular weight is 267 g/mol. The van der Waals surface area contributed by atoms with E-state index in [0.717, 1.165) is 15.4 Å². The van der Waals surface area contributed by atoms with Gasteiger partial charge in [0, 0.05) is 26.6 Å². The SMILES string of the molecule is Cc1ccccc1CNS(=O)(=O)N(C)CCC#N. The third kappa shape index (κ3) is 4.11. The molecule has 0 heterocycles. The van der Waals surface area contributed by atoms with Crippen molar-refractivity contribution in [3.05, 3.63) is 35.4 Å². The zero-order valence-corrected chi connectivity index (χ0v) is 11.4. The number of nitrogens with one attached hydrogen (secondary N) is 1. The van der Waals surface area contributed by atoms with Gasteiger partial charge in [0.25, 0.3) is 10.2 Å². The molecule has 0 aliphatic rings. The van der Waals surface area contributed by atoms with E-state index in [1.54, 1.807) is 0 Å². The number of hydrogen-bond donors (Lipinski definition) is 1. The van der Waals surface area contributed by atoms with Gasteiger partial charge in [-0.2, -0.15) is 22.7 Å². The minimum absolute atomic E-state index is 0.182. The minimum atomic E-state index is -3.52. The zero-order valence-electron chi connectivity index (χ0n) is 10.5. The van der Waals surface area contributed by atoms with Gasteiger partial charge < -0.3 is 0 Å². The van der Waals surface area contributed by atoms with Gasteiger partial charge in [0.05, 0.1) is 6.07 Å². The van der Waals surface area contributed by atoms with Crippen LogP contribution in [0.15, 0.2) is 24.3 Å². The lowest BCUT2D eigenvalue weighted by Crippen LogP contribution is -2.38. The summed E-state index contributed by atoms with van der Waals surface area (Å²) in [7, 11) is -2.06. The van der Waals surface area contributed by atoms with E-state index in [9.17, 15) is 8.42 Å². The lowest BCUT2D eigenvalue weighted by atomic mass is 10.1. The van der Waals surface area contributed by atoms with Crippen molar-refractivity contribution in [2.75, 3.05) is 13.6 Å². The molecule has 0 radical (unpaired) electrons. The van der Waals surface area contributed by atoms with Crippen molar-refractivity contribution in [2.45, 2.75) is 19.9 Å². The van der Waals surface area contributed by atoms with Crippen LogP contribution in [0.2, 0.25) is 0 Å². The molecule has 0 atom stereocenters. The quantitative estimate of drug-likeness (QED) is 0.841. The van der Waals surface area contributed by atoms with Crippen LogP contribution in [0.5, 0.6) is 0 Å². The van der Waals surface area contributed by atoms with E-state index in [1.165, 1.54) is 7.05 Å². The predicted molar refractivity (Wildman–Crippen MR) is 69.8 cm³/mol. The van der Waals surface area contributed by atoms with Crippen molar-refractivity contribution in [3.8, 4) is 6.07 Å². The van der Waals surface area contributed by atoms with E-state index in [-0.39, 0.29) is 19.5 Å². The molecule has 0 aliphatic carbocycles. The largest absolute Gasteiger partial charge is 0.279 e. The highest BCUT2D eigenvalue weighted by atomic mass is 32.2. The first-order valence-electron chi connectivity index (χ1n) is 5.60. The van der Waals surface area contributed by atoms with Gasteiger partial charge in [-0.05, 0) is 18.1 Å². The maximum atomic E-state index is 11.8. The second-order valence-corrected chi connectivity index (χ2v) is 5.84. The summed E-state index contributed by atoms with van der Waals surface area (Å²) in [5, 5.41) is 8.43. The monoisotopic (exact) mass is 267 g/mol. The van der Waals surface area contributed by atoms with Gasteiger partial charge in [-0.25, -0.2) is 0 Å². The second kappa shape index (κ2) is 6.50. The van der Waals surface area contributed by atoms with Crippen LogP contribution in [0.3, 0.4) is 0 Å². The Labute approximate surface area is 108 Å². The fourth-order valence-corrected chi connectivity index (χ4v) is 2.31. The van der Waals surface area contributed by atoms with E-state index in [4.69, 9.17) is 5.26 Å². The Kier molecular flexibility index (Phi) is 5.28. The van der Waals surface area contributed by atoms with Crippen LogP contribution < -0.4 is 4.72 Å². The van der Waals surface area contributed by atoms with E-state index in [0.29, 0.717) is 0 Å². The number of hydrogen-bond acceptors (Lipinski definition) is 3. The summed E-state index contributed by atoms with van der Waals surface area (Å²) >= 11 is 0. The molecule has 1 aromatic rings. The molecule has 98 valence electrons. The van der Waals surface area contributed by atoms with Gasteiger partial charge in [-0.1, -0.05) is 24.3 Å². The number of rotatable bonds is 6. The molecule has 0 amide bonds.